The summed E-state index contributed by atoms with van der Waals surface area (Å²) < 4.78 is 13.8. The Bertz CT molecular complexity index is 280. The lowest BCUT2D eigenvalue weighted by molar-refractivity contribution is 0.447. The van der Waals surface area contributed by atoms with Gasteiger partial charge in [0.1, 0.15) is 0 Å². The van der Waals surface area contributed by atoms with Crippen LogP contribution in [0, 0.1) is 6.92 Å². The van der Waals surface area contributed by atoms with Gasteiger partial charge in [0.05, 0.1) is 5.69 Å². The number of hydrogen-bond donors (Lipinski definition) is 0. The summed E-state index contributed by atoms with van der Waals surface area (Å²) in [6.45, 7) is 5.51. The van der Waals surface area contributed by atoms with Gasteiger partial charge in [-0.15, -0.1) is 0 Å². The van der Waals surface area contributed by atoms with Crippen LogP contribution in [-0.4, -0.2) is 15.4 Å². The van der Waals surface area contributed by atoms with E-state index in [1.54, 1.807) is 6.20 Å². The molecule has 1 rings (SSSR count). The predicted octanol–water partition coefficient (Wildman–Crippen LogP) is 2.59. The summed E-state index contributed by atoms with van der Waals surface area (Å²) in [6.07, 6.45) is 1.83. The van der Waals surface area contributed by atoms with Crippen molar-refractivity contribution in [1.82, 2.24) is 9.78 Å². The molecule has 0 radical (unpaired) electrons. The molecule has 0 saturated carbocycles. The van der Waals surface area contributed by atoms with Crippen LogP contribution in [0.5, 0.6) is 0 Å². The molecule has 0 bridgehead atoms. The fourth-order valence-corrected chi connectivity index (χ4v) is 1.04. The second-order valence-corrected chi connectivity index (χ2v) is 3.04. The summed E-state index contributed by atoms with van der Waals surface area (Å²) in [5, 5.41) is 4.06. The molecule has 0 fully saturated rings. The molecule has 1 aromatic rings. The van der Waals surface area contributed by atoms with Crippen LogP contribution in [0.25, 0.3) is 5.70 Å². The van der Waals surface area contributed by atoms with E-state index in [-0.39, 0.29) is 6.42 Å². The second kappa shape index (κ2) is 3.72. The maximum Gasteiger partial charge on any atom is 0.179 e. The van der Waals surface area contributed by atoms with E-state index in [9.17, 15) is 4.39 Å². The van der Waals surface area contributed by atoms with E-state index in [0.717, 1.165) is 5.69 Å². The molecule has 1 heterocycles. The van der Waals surface area contributed by atoms with Crippen molar-refractivity contribution in [2.24, 2.45) is 0 Å². The smallest absolute Gasteiger partial charge is 0.179 e. The van der Waals surface area contributed by atoms with Crippen LogP contribution < -0.4 is 0 Å². The van der Waals surface area contributed by atoms with Gasteiger partial charge in [-0.1, -0.05) is 18.2 Å². The summed E-state index contributed by atoms with van der Waals surface area (Å²) in [6, 6.07) is 1.83. The Morgan fingerprint density at radius 1 is 1.92 bits per heavy atom. The van der Waals surface area contributed by atoms with Crippen molar-refractivity contribution >= 4 is 17.3 Å². The van der Waals surface area contributed by atoms with E-state index in [1.165, 1.54) is 4.68 Å². The average molecular weight is 189 g/mol. The Balaban J connectivity index is 2.65. The number of alkyl halides is 2. The second-order valence-electron chi connectivity index (χ2n) is 2.56. The third kappa shape index (κ3) is 2.34. The first-order chi connectivity index (χ1) is 5.59. The van der Waals surface area contributed by atoms with Gasteiger partial charge in [0.2, 0.25) is 0 Å². The van der Waals surface area contributed by atoms with Gasteiger partial charge in [-0.25, -0.2) is 9.07 Å². The van der Waals surface area contributed by atoms with Gasteiger partial charge < -0.3 is 0 Å². The van der Waals surface area contributed by atoms with E-state index in [0.29, 0.717) is 5.70 Å². The Labute approximate surface area is 75.6 Å². The van der Waals surface area contributed by atoms with Crippen LogP contribution in [0.3, 0.4) is 0 Å². The number of hydrogen-bond acceptors (Lipinski definition) is 1. The Hall–Kier alpha value is -0.830. The van der Waals surface area contributed by atoms with E-state index in [2.05, 4.69) is 11.7 Å². The zero-order valence-electron chi connectivity index (χ0n) is 6.80. The summed E-state index contributed by atoms with van der Waals surface area (Å²) >= 11 is 5.16. The van der Waals surface area contributed by atoms with Gasteiger partial charge >= 0.3 is 0 Å². The number of aromatic nitrogens is 2. The molecule has 0 aliphatic heterocycles. The van der Waals surface area contributed by atoms with Crippen molar-refractivity contribution < 1.29 is 4.39 Å². The minimum atomic E-state index is -1.39. The van der Waals surface area contributed by atoms with Crippen molar-refractivity contribution in [1.29, 1.82) is 0 Å². The lowest BCUT2D eigenvalue weighted by Crippen LogP contribution is -2.00. The van der Waals surface area contributed by atoms with Gasteiger partial charge in [0, 0.05) is 18.3 Å². The molecule has 66 valence electrons. The Morgan fingerprint density at radius 2 is 2.58 bits per heavy atom. The van der Waals surface area contributed by atoms with Gasteiger partial charge in [0.25, 0.3) is 0 Å². The summed E-state index contributed by atoms with van der Waals surface area (Å²) in [7, 11) is 0. The molecule has 4 heteroatoms. The minimum Gasteiger partial charge on any atom is -0.245 e. The van der Waals surface area contributed by atoms with E-state index >= 15 is 0 Å². The predicted molar refractivity (Wildman–Crippen MR) is 47.7 cm³/mol. The molecular weight excluding hydrogens is 179 g/mol. The van der Waals surface area contributed by atoms with Crippen molar-refractivity contribution in [2.45, 2.75) is 19.0 Å². The fraction of sp³-hybridized carbons (Fsp3) is 0.375. The van der Waals surface area contributed by atoms with Crippen LogP contribution >= 0.6 is 11.6 Å². The van der Waals surface area contributed by atoms with E-state index in [4.69, 9.17) is 11.6 Å². The van der Waals surface area contributed by atoms with Gasteiger partial charge in [-0.3, -0.25) is 0 Å². The van der Waals surface area contributed by atoms with Crippen molar-refractivity contribution in [3.63, 3.8) is 0 Å². The topological polar surface area (TPSA) is 17.8 Å². The first-order valence-corrected chi connectivity index (χ1v) is 4.02. The zero-order chi connectivity index (χ0) is 9.14. The molecule has 2 nitrogen and oxygen atoms in total. The summed E-state index contributed by atoms with van der Waals surface area (Å²) in [5.41, 5.74) is 0.0498. The van der Waals surface area contributed by atoms with Crippen molar-refractivity contribution in [2.75, 3.05) is 0 Å². The average Bonchev–Trinajstić information content (AvgIpc) is 2.34. The molecule has 0 aliphatic rings. The molecule has 12 heavy (non-hydrogen) atoms. The standard InChI is InChI=1S/C8H10ClFN2/c1-6-3-4-12(11-6)7(2)5-8(9)10/h3-4,8H,2,5H2,1H3. The summed E-state index contributed by atoms with van der Waals surface area (Å²) in [4.78, 5) is 0. The van der Waals surface area contributed by atoms with Crippen molar-refractivity contribution in [3.05, 3.63) is 24.5 Å². The van der Waals surface area contributed by atoms with Crippen LogP contribution in [0.4, 0.5) is 4.39 Å². The molecule has 1 unspecified atom stereocenters. The number of rotatable bonds is 3. The normalized spacial score (nSPS) is 12.9. The zero-order valence-corrected chi connectivity index (χ0v) is 7.55. The number of allylic oxidation sites excluding steroid dienone is 1. The fourth-order valence-electron chi connectivity index (χ4n) is 0.863. The number of aryl methyl sites for hydroxylation is 1. The highest BCUT2D eigenvalue weighted by Crippen LogP contribution is 2.14. The molecule has 1 atom stereocenters. The van der Waals surface area contributed by atoms with Gasteiger partial charge in [-0.05, 0) is 13.0 Å². The van der Waals surface area contributed by atoms with Crippen LogP contribution in [0.2, 0.25) is 0 Å². The quantitative estimate of drug-likeness (QED) is 0.667. The highest BCUT2D eigenvalue weighted by Gasteiger charge is 2.05. The first-order valence-electron chi connectivity index (χ1n) is 3.58. The highest BCUT2D eigenvalue weighted by atomic mass is 35.5. The van der Waals surface area contributed by atoms with E-state index < -0.39 is 5.63 Å². The van der Waals surface area contributed by atoms with Crippen LogP contribution in [0.1, 0.15) is 12.1 Å². The third-order valence-electron chi connectivity index (χ3n) is 1.44. The minimum absolute atomic E-state index is 0.0999. The maximum absolute atomic E-state index is 12.3. The molecule has 1 aromatic heterocycles. The maximum atomic E-state index is 12.3. The van der Waals surface area contributed by atoms with Crippen LogP contribution in [-0.2, 0) is 0 Å². The van der Waals surface area contributed by atoms with Crippen LogP contribution in [0.15, 0.2) is 18.8 Å². The molecule has 0 N–H and O–H groups in total. The monoisotopic (exact) mass is 188 g/mol. The number of halogens is 2. The van der Waals surface area contributed by atoms with E-state index in [1.807, 2.05) is 13.0 Å². The molecular formula is C8H10ClFN2. The van der Waals surface area contributed by atoms with Gasteiger partial charge in [-0.2, -0.15) is 5.10 Å². The lowest BCUT2D eigenvalue weighted by Gasteiger charge is -2.04. The van der Waals surface area contributed by atoms with Crippen molar-refractivity contribution in [3.8, 4) is 0 Å². The largest absolute Gasteiger partial charge is 0.245 e. The molecule has 0 aliphatic carbocycles. The number of nitrogens with zero attached hydrogens (tertiary/aromatic N) is 2. The molecule has 0 saturated heterocycles. The summed E-state index contributed by atoms with van der Waals surface area (Å²) in [5.74, 6) is 0. The first kappa shape index (κ1) is 9.26. The SMILES string of the molecule is C=C(CC(F)Cl)n1ccc(C)n1. The highest BCUT2D eigenvalue weighted by molar-refractivity contribution is 6.19. The third-order valence-corrected chi connectivity index (χ3v) is 1.59. The lowest BCUT2D eigenvalue weighted by atomic mass is 10.4. The molecule has 0 spiro atoms. The Kier molecular flexibility index (Phi) is 2.87. The molecule has 0 aromatic carbocycles. The van der Waals surface area contributed by atoms with Gasteiger partial charge in [0.15, 0.2) is 5.63 Å². The molecule has 0 amide bonds. The Morgan fingerprint density at radius 3 is 3.00 bits per heavy atom.